The van der Waals surface area contributed by atoms with E-state index in [1.807, 2.05) is 30.3 Å². The van der Waals surface area contributed by atoms with Crippen LogP contribution >= 0.6 is 11.8 Å². The third-order valence-electron chi connectivity index (χ3n) is 2.56. The number of rotatable bonds is 7. The molecule has 104 valence electrons. The van der Waals surface area contributed by atoms with Gasteiger partial charge in [0.25, 0.3) is 0 Å². The van der Waals surface area contributed by atoms with E-state index in [1.54, 1.807) is 11.8 Å². The minimum atomic E-state index is -0.461. The van der Waals surface area contributed by atoms with Gasteiger partial charge >= 0.3 is 0 Å². The molecular formula is C15H22N2OS. The molecular weight excluding hydrogens is 256 g/mol. The van der Waals surface area contributed by atoms with Crippen LogP contribution in [-0.2, 0) is 4.79 Å². The molecule has 0 unspecified atom stereocenters. The molecule has 0 aromatic heterocycles. The summed E-state index contributed by atoms with van der Waals surface area (Å²) in [6.45, 7) is 7.81. The van der Waals surface area contributed by atoms with Gasteiger partial charge in [-0.05, 0) is 24.5 Å². The van der Waals surface area contributed by atoms with Crippen LogP contribution in [0.2, 0.25) is 0 Å². The SMILES string of the molecule is C=CCSc1ccccc1NC(=O)[C@@H](N)CC(C)C. The molecule has 0 spiro atoms. The number of para-hydroxylation sites is 1. The van der Waals surface area contributed by atoms with Crippen molar-refractivity contribution in [2.45, 2.75) is 31.2 Å². The summed E-state index contributed by atoms with van der Waals surface area (Å²) in [5.74, 6) is 1.09. The third-order valence-corrected chi connectivity index (χ3v) is 3.63. The van der Waals surface area contributed by atoms with E-state index >= 15 is 0 Å². The van der Waals surface area contributed by atoms with E-state index in [4.69, 9.17) is 5.73 Å². The smallest absolute Gasteiger partial charge is 0.241 e. The van der Waals surface area contributed by atoms with Crippen molar-refractivity contribution in [2.24, 2.45) is 11.7 Å². The van der Waals surface area contributed by atoms with E-state index in [0.717, 1.165) is 16.3 Å². The molecule has 1 atom stereocenters. The van der Waals surface area contributed by atoms with Gasteiger partial charge in [-0.2, -0.15) is 0 Å². The van der Waals surface area contributed by atoms with Gasteiger partial charge in [-0.25, -0.2) is 0 Å². The fourth-order valence-corrected chi connectivity index (χ4v) is 2.43. The maximum atomic E-state index is 12.0. The quantitative estimate of drug-likeness (QED) is 0.594. The van der Waals surface area contributed by atoms with Crippen LogP contribution < -0.4 is 11.1 Å². The highest BCUT2D eigenvalue weighted by molar-refractivity contribution is 7.99. The first-order chi connectivity index (χ1) is 9.04. The molecule has 0 aliphatic heterocycles. The topological polar surface area (TPSA) is 55.1 Å². The Morgan fingerprint density at radius 1 is 1.47 bits per heavy atom. The van der Waals surface area contributed by atoms with Crippen molar-refractivity contribution in [1.29, 1.82) is 0 Å². The standard InChI is InChI=1S/C15H22N2OS/c1-4-9-19-14-8-6-5-7-13(14)17-15(18)12(16)10-11(2)3/h4-8,11-12H,1,9-10,16H2,2-3H3,(H,17,18)/t12-/m0/s1. The number of anilines is 1. The fourth-order valence-electron chi connectivity index (χ4n) is 1.68. The molecule has 3 nitrogen and oxygen atoms in total. The van der Waals surface area contributed by atoms with Crippen LogP contribution in [0.25, 0.3) is 0 Å². The molecule has 3 N–H and O–H groups in total. The van der Waals surface area contributed by atoms with Gasteiger partial charge < -0.3 is 11.1 Å². The van der Waals surface area contributed by atoms with E-state index in [1.165, 1.54) is 0 Å². The van der Waals surface area contributed by atoms with Crippen molar-refractivity contribution < 1.29 is 4.79 Å². The summed E-state index contributed by atoms with van der Waals surface area (Å²) >= 11 is 1.64. The number of thioether (sulfide) groups is 1. The second kappa shape index (κ2) is 8.02. The molecule has 1 aromatic carbocycles. The summed E-state index contributed by atoms with van der Waals surface area (Å²) in [5.41, 5.74) is 6.70. The highest BCUT2D eigenvalue weighted by atomic mass is 32.2. The van der Waals surface area contributed by atoms with Crippen LogP contribution in [0.4, 0.5) is 5.69 Å². The van der Waals surface area contributed by atoms with Crippen molar-refractivity contribution >= 4 is 23.4 Å². The van der Waals surface area contributed by atoms with E-state index in [0.29, 0.717) is 12.3 Å². The largest absolute Gasteiger partial charge is 0.324 e. The summed E-state index contributed by atoms with van der Waals surface area (Å²) in [6.07, 6.45) is 2.53. The summed E-state index contributed by atoms with van der Waals surface area (Å²) in [7, 11) is 0. The Morgan fingerprint density at radius 2 is 2.16 bits per heavy atom. The van der Waals surface area contributed by atoms with Gasteiger partial charge in [0.15, 0.2) is 0 Å². The molecule has 1 aromatic rings. The fraction of sp³-hybridized carbons (Fsp3) is 0.400. The molecule has 4 heteroatoms. The molecule has 0 aliphatic rings. The van der Waals surface area contributed by atoms with Crippen LogP contribution in [0.15, 0.2) is 41.8 Å². The molecule has 0 radical (unpaired) electrons. The molecule has 19 heavy (non-hydrogen) atoms. The average Bonchev–Trinajstić information content (AvgIpc) is 2.36. The predicted molar refractivity (Wildman–Crippen MR) is 83.4 cm³/mol. The Hall–Kier alpha value is -1.26. The Labute approximate surface area is 119 Å². The Balaban J connectivity index is 2.70. The normalized spacial score (nSPS) is 12.2. The average molecular weight is 278 g/mol. The number of carbonyl (C=O) groups is 1. The van der Waals surface area contributed by atoms with E-state index in [-0.39, 0.29) is 5.91 Å². The lowest BCUT2D eigenvalue weighted by atomic mass is 10.0. The molecule has 1 amide bonds. The van der Waals surface area contributed by atoms with E-state index < -0.39 is 6.04 Å². The highest BCUT2D eigenvalue weighted by Crippen LogP contribution is 2.27. The number of nitrogens with two attached hydrogens (primary N) is 1. The zero-order chi connectivity index (χ0) is 14.3. The highest BCUT2D eigenvalue weighted by Gasteiger charge is 2.16. The Kier molecular flexibility index (Phi) is 6.67. The molecule has 0 aliphatic carbocycles. The van der Waals surface area contributed by atoms with Gasteiger partial charge in [0, 0.05) is 10.6 Å². The number of hydrogen-bond acceptors (Lipinski definition) is 3. The molecule has 0 bridgehead atoms. The minimum absolute atomic E-state index is 0.125. The molecule has 0 fully saturated rings. The summed E-state index contributed by atoms with van der Waals surface area (Å²) in [5, 5.41) is 2.91. The van der Waals surface area contributed by atoms with Crippen LogP contribution in [0.1, 0.15) is 20.3 Å². The number of carbonyl (C=O) groups excluding carboxylic acids is 1. The van der Waals surface area contributed by atoms with Crippen LogP contribution in [0.3, 0.4) is 0 Å². The second-order valence-electron chi connectivity index (χ2n) is 4.82. The summed E-state index contributed by atoms with van der Waals surface area (Å²) in [4.78, 5) is 13.0. The van der Waals surface area contributed by atoms with Crippen molar-refractivity contribution in [1.82, 2.24) is 0 Å². The minimum Gasteiger partial charge on any atom is -0.324 e. The lowest BCUT2D eigenvalue weighted by Crippen LogP contribution is -2.36. The lowest BCUT2D eigenvalue weighted by Gasteiger charge is -2.15. The van der Waals surface area contributed by atoms with Crippen LogP contribution in [0, 0.1) is 5.92 Å². The van der Waals surface area contributed by atoms with E-state index in [9.17, 15) is 4.79 Å². The number of amides is 1. The van der Waals surface area contributed by atoms with Crippen molar-refractivity contribution in [3.63, 3.8) is 0 Å². The van der Waals surface area contributed by atoms with Gasteiger partial charge in [0.2, 0.25) is 5.91 Å². The van der Waals surface area contributed by atoms with Crippen LogP contribution in [-0.4, -0.2) is 17.7 Å². The lowest BCUT2D eigenvalue weighted by molar-refractivity contribution is -0.117. The molecule has 0 saturated carbocycles. The molecule has 0 saturated heterocycles. The van der Waals surface area contributed by atoms with Crippen molar-refractivity contribution in [3.05, 3.63) is 36.9 Å². The maximum absolute atomic E-state index is 12.0. The van der Waals surface area contributed by atoms with Gasteiger partial charge in [-0.15, -0.1) is 18.3 Å². The van der Waals surface area contributed by atoms with Gasteiger partial charge in [-0.3, -0.25) is 4.79 Å². The number of benzene rings is 1. The van der Waals surface area contributed by atoms with Gasteiger partial charge in [0.05, 0.1) is 11.7 Å². The summed E-state index contributed by atoms with van der Waals surface area (Å²) < 4.78 is 0. The van der Waals surface area contributed by atoms with Crippen molar-refractivity contribution in [3.8, 4) is 0 Å². The van der Waals surface area contributed by atoms with Crippen LogP contribution in [0.5, 0.6) is 0 Å². The van der Waals surface area contributed by atoms with Gasteiger partial charge in [-0.1, -0.05) is 32.1 Å². The predicted octanol–water partition coefficient (Wildman–Crippen LogP) is 3.28. The summed E-state index contributed by atoms with van der Waals surface area (Å²) in [6, 6.07) is 7.28. The van der Waals surface area contributed by atoms with Gasteiger partial charge in [0.1, 0.15) is 0 Å². The maximum Gasteiger partial charge on any atom is 0.241 e. The third kappa shape index (κ3) is 5.49. The molecule has 1 rings (SSSR count). The zero-order valence-corrected chi connectivity index (χ0v) is 12.4. The Bertz CT molecular complexity index is 432. The Morgan fingerprint density at radius 3 is 2.79 bits per heavy atom. The first-order valence-corrected chi connectivity index (χ1v) is 7.42. The monoisotopic (exact) mass is 278 g/mol. The van der Waals surface area contributed by atoms with E-state index in [2.05, 4.69) is 25.7 Å². The molecule has 0 heterocycles. The zero-order valence-electron chi connectivity index (χ0n) is 11.6. The van der Waals surface area contributed by atoms with Crippen molar-refractivity contribution in [2.75, 3.05) is 11.1 Å². The first-order valence-electron chi connectivity index (χ1n) is 6.43. The number of nitrogens with one attached hydrogen (secondary N) is 1. The first kappa shape index (κ1) is 15.8. The second-order valence-corrected chi connectivity index (χ2v) is 5.88. The number of hydrogen-bond donors (Lipinski definition) is 2.